The standard InChI is InChI=1S/C20H20N4O2/c1-14-18(26-13-23-14)20(25)22-11-16-7-4-9-21-19(16)24-10-8-15-5-2-3-6-17(15)12-24/h2-7,9,13H,8,10-12H2,1H3,(H,22,25). The number of aryl methyl sites for hydroxylation is 1. The summed E-state index contributed by atoms with van der Waals surface area (Å²) < 4.78 is 5.15. The lowest BCUT2D eigenvalue weighted by atomic mass is 9.99. The second-order valence-electron chi connectivity index (χ2n) is 6.38. The zero-order valence-electron chi connectivity index (χ0n) is 14.6. The van der Waals surface area contributed by atoms with Crippen LogP contribution in [0.3, 0.4) is 0 Å². The van der Waals surface area contributed by atoms with Crippen LogP contribution in [0.15, 0.2) is 53.4 Å². The Morgan fingerprint density at radius 1 is 1.19 bits per heavy atom. The minimum atomic E-state index is -0.265. The van der Waals surface area contributed by atoms with Gasteiger partial charge in [0.15, 0.2) is 6.39 Å². The van der Waals surface area contributed by atoms with E-state index in [0.29, 0.717) is 12.2 Å². The lowest BCUT2D eigenvalue weighted by Crippen LogP contribution is -2.32. The molecule has 0 radical (unpaired) electrons. The number of carbonyl (C=O) groups is 1. The summed E-state index contributed by atoms with van der Waals surface area (Å²) in [5.41, 5.74) is 4.30. The predicted molar refractivity (Wildman–Crippen MR) is 97.8 cm³/mol. The zero-order valence-corrected chi connectivity index (χ0v) is 14.6. The van der Waals surface area contributed by atoms with Gasteiger partial charge in [0, 0.05) is 31.4 Å². The largest absolute Gasteiger partial charge is 0.438 e. The van der Waals surface area contributed by atoms with E-state index in [-0.39, 0.29) is 11.7 Å². The Bertz CT molecular complexity index is 935. The van der Waals surface area contributed by atoms with Gasteiger partial charge in [0.05, 0.1) is 5.69 Å². The molecule has 0 saturated carbocycles. The van der Waals surface area contributed by atoms with Crippen molar-refractivity contribution in [3.63, 3.8) is 0 Å². The molecule has 6 heteroatoms. The number of oxazole rings is 1. The van der Waals surface area contributed by atoms with Crippen molar-refractivity contribution in [2.24, 2.45) is 0 Å². The minimum absolute atomic E-state index is 0.252. The third-order valence-electron chi connectivity index (χ3n) is 4.69. The molecule has 6 nitrogen and oxygen atoms in total. The van der Waals surface area contributed by atoms with Crippen LogP contribution in [0.25, 0.3) is 0 Å². The van der Waals surface area contributed by atoms with Gasteiger partial charge in [-0.25, -0.2) is 9.97 Å². The number of aromatic nitrogens is 2. The van der Waals surface area contributed by atoms with Crippen LogP contribution in [0, 0.1) is 6.92 Å². The molecule has 0 saturated heterocycles. The first kappa shape index (κ1) is 16.3. The number of amides is 1. The van der Waals surface area contributed by atoms with Crippen molar-refractivity contribution in [3.8, 4) is 0 Å². The van der Waals surface area contributed by atoms with Gasteiger partial charge in [-0.15, -0.1) is 0 Å². The number of nitrogens with zero attached hydrogens (tertiary/aromatic N) is 3. The molecular formula is C20H20N4O2. The number of pyridine rings is 1. The molecular weight excluding hydrogens is 328 g/mol. The molecule has 3 heterocycles. The third kappa shape index (κ3) is 3.18. The molecule has 1 aliphatic heterocycles. The summed E-state index contributed by atoms with van der Waals surface area (Å²) in [6, 6.07) is 12.4. The Hall–Kier alpha value is -3.15. The lowest BCUT2D eigenvalue weighted by molar-refractivity contribution is 0.0922. The van der Waals surface area contributed by atoms with Crippen LogP contribution in [0.2, 0.25) is 0 Å². The third-order valence-corrected chi connectivity index (χ3v) is 4.69. The van der Waals surface area contributed by atoms with Gasteiger partial charge in [0.25, 0.3) is 5.91 Å². The average molecular weight is 348 g/mol. The van der Waals surface area contributed by atoms with Gasteiger partial charge in [0.2, 0.25) is 5.76 Å². The highest BCUT2D eigenvalue weighted by atomic mass is 16.3. The molecule has 0 fully saturated rings. The van der Waals surface area contributed by atoms with Crippen LogP contribution in [0.4, 0.5) is 5.82 Å². The maximum absolute atomic E-state index is 12.3. The van der Waals surface area contributed by atoms with E-state index < -0.39 is 0 Å². The Morgan fingerprint density at radius 3 is 2.85 bits per heavy atom. The van der Waals surface area contributed by atoms with Gasteiger partial charge < -0.3 is 14.6 Å². The number of fused-ring (bicyclic) bond motifs is 1. The lowest BCUT2D eigenvalue weighted by Gasteiger charge is -2.31. The number of hydrogen-bond donors (Lipinski definition) is 1. The Balaban J connectivity index is 1.51. The molecule has 0 unspecified atom stereocenters. The van der Waals surface area contributed by atoms with Gasteiger partial charge in [-0.2, -0.15) is 0 Å². The number of nitrogens with one attached hydrogen (secondary N) is 1. The maximum Gasteiger partial charge on any atom is 0.289 e. The van der Waals surface area contributed by atoms with Gasteiger partial charge >= 0.3 is 0 Å². The highest BCUT2D eigenvalue weighted by Gasteiger charge is 2.20. The smallest absolute Gasteiger partial charge is 0.289 e. The van der Waals surface area contributed by atoms with Crippen LogP contribution in [0.1, 0.15) is 32.9 Å². The molecule has 1 aliphatic rings. The number of rotatable bonds is 4. The van der Waals surface area contributed by atoms with Crippen molar-refractivity contribution in [1.29, 1.82) is 0 Å². The van der Waals surface area contributed by atoms with Crippen molar-refractivity contribution >= 4 is 11.7 Å². The highest BCUT2D eigenvalue weighted by molar-refractivity contribution is 5.92. The van der Waals surface area contributed by atoms with Crippen LogP contribution in [-0.4, -0.2) is 22.4 Å². The second kappa shape index (κ2) is 7.00. The normalized spacial score (nSPS) is 13.3. The maximum atomic E-state index is 12.3. The molecule has 1 N–H and O–H groups in total. The summed E-state index contributed by atoms with van der Waals surface area (Å²) in [5.74, 6) is 0.901. The first-order valence-electron chi connectivity index (χ1n) is 8.66. The molecule has 3 aromatic rings. The minimum Gasteiger partial charge on any atom is -0.438 e. The highest BCUT2D eigenvalue weighted by Crippen LogP contribution is 2.25. The zero-order chi connectivity index (χ0) is 17.9. The number of benzene rings is 1. The van der Waals surface area contributed by atoms with E-state index in [9.17, 15) is 4.79 Å². The summed E-state index contributed by atoms with van der Waals surface area (Å²) in [7, 11) is 0. The first-order chi connectivity index (χ1) is 12.7. The number of hydrogen-bond acceptors (Lipinski definition) is 5. The SMILES string of the molecule is Cc1ncoc1C(=O)NCc1cccnc1N1CCc2ccccc2C1. The molecule has 1 aromatic carbocycles. The Labute approximate surface area is 151 Å². The second-order valence-corrected chi connectivity index (χ2v) is 6.38. The topological polar surface area (TPSA) is 71.3 Å². The molecule has 0 bridgehead atoms. The van der Waals surface area contributed by atoms with E-state index in [1.54, 1.807) is 13.1 Å². The fourth-order valence-corrected chi connectivity index (χ4v) is 3.31. The molecule has 0 spiro atoms. The van der Waals surface area contributed by atoms with Gasteiger partial charge in [-0.05, 0) is 30.5 Å². The van der Waals surface area contributed by atoms with Crippen molar-refractivity contribution in [2.75, 3.05) is 11.4 Å². The summed E-state index contributed by atoms with van der Waals surface area (Å²) >= 11 is 0. The molecule has 4 rings (SSSR count). The van der Waals surface area contributed by atoms with Crippen molar-refractivity contribution in [3.05, 3.63) is 77.1 Å². The van der Waals surface area contributed by atoms with Crippen LogP contribution < -0.4 is 10.2 Å². The van der Waals surface area contributed by atoms with E-state index in [4.69, 9.17) is 4.42 Å². The molecule has 2 aromatic heterocycles. The van der Waals surface area contributed by atoms with E-state index in [0.717, 1.165) is 30.9 Å². The van der Waals surface area contributed by atoms with E-state index in [2.05, 4.69) is 44.5 Å². The van der Waals surface area contributed by atoms with E-state index in [1.165, 1.54) is 17.5 Å². The van der Waals surface area contributed by atoms with Crippen molar-refractivity contribution in [2.45, 2.75) is 26.4 Å². The predicted octanol–water partition coefficient (Wildman–Crippen LogP) is 2.87. The summed E-state index contributed by atoms with van der Waals surface area (Å²) in [6.45, 7) is 3.88. The monoisotopic (exact) mass is 348 g/mol. The molecule has 26 heavy (non-hydrogen) atoms. The molecule has 0 aliphatic carbocycles. The van der Waals surface area contributed by atoms with Crippen LogP contribution in [-0.2, 0) is 19.5 Å². The van der Waals surface area contributed by atoms with Crippen molar-refractivity contribution in [1.82, 2.24) is 15.3 Å². The van der Waals surface area contributed by atoms with Crippen molar-refractivity contribution < 1.29 is 9.21 Å². The van der Waals surface area contributed by atoms with Gasteiger partial charge in [-0.3, -0.25) is 4.79 Å². The summed E-state index contributed by atoms with van der Waals surface area (Å²) in [6.07, 6.45) is 4.07. The number of carbonyl (C=O) groups excluding carboxylic acids is 1. The quantitative estimate of drug-likeness (QED) is 0.785. The van der Waals surface area contributed by atoms with E-state index >= 15 is 0 Å². The van der Waals surface area contributed by atoms with Gasteiger partial charge in [0.1, 0.15) is 5.82 Å². The fourth-order valence-electron chi connectivity index (χ4n) is 3.31. The average Bonchev–Trinajstić information content (AvgIpc) is 3.12. The van der Waals surface area contributed by atoms with E-state index in [1.807, 2.05) is 12.1 Å². The fraction of sp³-hybridized carbons (Fsp3) is 0.250. The molecule has 0 atom stereocenters. The Kier molecular flexibility index (Phi) is 4.39. The summed E-state index contributed by atoms with van der Waals surface area (Å²) in [5, 5.41) is 2.90. The first-order valence-corrected chi connectivity index (χ1v) is 8.66. The molecule has 132 valence electrons. The molecule has 1 amide bonds. The number of anilines is 1. The Morgan fingerprint density at radius 2 is 2.04 bits per heavy atom. The van der Waals surface area contributed by atoms with Crippen LogP contribution >= 0.6 is 0 Å². The summed E-state index contributed by atoms with van der Waals surface area (Å²) in [4.78, 5) is 23.1. The van der Waals surface area contributed by atoms with Crippen LogP contribution in [0.5, 0.6) is 0 Å². The van der Waals surface area contributed by atoms with Gasteiger partial charge in [-0.1, -0.05) is 30.3 Å².